The third kappa shape index (κ3) is 4.26. The number of hydrogen-bond donors (Lipinski definition) is 1. The average molecular weight is 204 g/mol. The zero-order valence-corrected chi connectivity index (χ0v) is 9.83. The van der Waals surface area contributed by atoms with E-state index in [0.29, 0.717) is 6.04 Å². The summed E-state index contributed by atoms with van der Waals surface area (Å²) >= 11 is 0. The Bertz CT molecular complexity index is 304. The summed E-state index contributed by atoms with van der Waals surface area (Å²) < 4.78 is 0. The predicted octanol–water partition coefficient (Wildman–Crippen LogP) is 2.87. The zero-order chi connectivity index (χ0) is 11.1. The van der Waals surface area contributed by atoms with Crippen LogP contribution in [-0.4, -0.2) is 17.6 Å². The number of aromatic nitrogens is 1. The van der Waals surface area contributed by atoms with Gasteiger partial charge < -0.3 is 5.32 Å². The van der Waals surface area contributed by atoms with Crippen molar-refractivity contribution in [3.05, 3.63) is 35.7 Å². The van der Waals surface area contributed by atoms with Crippen molar-refractivity contribution in [3.8, 4) is 0 Å². The van der Waals surface area contributed by atoms with Crippen LogP contribution in [0.25, 0.3) is 6.08 Å². The van der Waals surface area contributed by atoms with Gasteiger partial charge in [-0.2, -0.15) is 0 Å². The smallest absolute Gasteiger partial charge is 0.0273 e. The lowest BCUT2D eigenvalue weighted by molar-refractivity contribution is 0.604. The van der Waals surface area contributed by atoms with E-state index >= 15 is 0 Å². The predicted molar refractivity (Wildman–Crippen MR) is 65.6 cm³/mol. The molecule has 2 heteroatoms. The van der Waals surface area contributed by atoms with Crippen LogP contribution < -0.4 is 5.32 Å². The summed E-state index contributed by atoms with van der Waals surface area (Å²) in [6.45, 7) is 7.61. The number of nitrogens with zero attached hydrogens (tertiary/aromatic N) is 1. The summed E-state index contributed by atoms with van der Waals surface area (Å²) in [4.78, 5) is 4.00. The van der Waals surface area contributed by atoms with Gasteiger partial charge in [0.25, 0.3) is 0 Å². The lowest BCUT2D eigenvalue weighted by Crippen LogP contribution is -2.27. The molecule has 1 aromatic heterocycles. The van der Waals surface area contributed by atoms with Crippen molar-refractivity contribution in [1.82, 2.24) is 10.3 Å². The first-order valence-corrected chi connectivity index (χ1v) is 5.55. The Kier molecular flexibility index (Phi) is 5.05. The van der Waals surface area contributed by atoms with Crippen LogP contribution in [0.2, 0.25) is 0 Å². The van der Waals surface area contributed by atoms with E-state index in [2.05, 4.69) is 37.1 Å². The van der Waals surface area contributed by atoms with E-state index in [9.17, 15) is 0 Å². The Morgan fingerprint density at radius 3 is 2.73 bits per heavy atom. The molecule has 0 aliphatic rings. The third-order valence-electron chi connectivity index (χ3n) is 2.48. The summed E-state index contributed by atoms with van der Waals surface area (Å²) in [7, 11) is 0. The first-order chi connectivity index (χ1) is 7.24. The maximum absolute atomic E-state index is 4.00. The van der Waals surface area contributed by atoms with E-state index in [0.717, 1.165) is 6.54 Å². The van der Waals surface area contributed by atoms with Crippen LogP contribution in [0.5, 0.6) is 0 Å². The summed E-state index contributed by atoms with van der Waals surface area (Å²) in [5, 5.41) is 3.47. The van der Waals surface area contributed by atoms with Gasteiger partial charge >= 0.3 is 0 Å². The molecule has 0 spiro atoms. The van der Waals surface area contributed by atoms with Crippen molar-refractivity contribution in [2.24, 2.45) is 0 Å². The van der Waals surface area contributed by atoms with Crippen molar-refractivity contribution in [2.45, 2.75) is 33.2 Å². The lowest BCUT2D eigenvalue weighted by atomic mass is 10.1. The normalized spacial score (nSPS) is 13.9. The molecule has 1 N–H and O–H groups in total. The summed E-state index contributed by atoms with van der Waals surface area (Å²) in [5.41, 5.74) is 2.57. The second kappa shape index (κ2) is 6.36. The minimum absolute atomic E-state index is 0.443. The molecule has 0 bridgehead atoms. The van der Waals surface area contributed by atoms with Gasteiger partial charge in [-0.15, -0.1) is 0 Å². The van der Waals surface area contributed by atoms with E-state index in [4.69, 9.17) is 0 Å². The molecule has 15 heavy (non-hydrogen) atoms. The first kappa shape index (κ1) is 11.9. The van der Waals surface area contributed by atoms with Crippen LogP contribution in [0.3, 0.4) is 0 Å². The van der Waals surface area contributed by atoms with Crippen LogP contribution in [-0.2, 0) is 0 Å². The molecule has 2 nitrogen and oxygen atoms in total. The fraction of sp³-hybridized carbons (Fsp3) is 0.462. The molecule has 0 aliphatic carbocycles. The monoisotopic (exact) mass is 204 g/mol. The minimum atomic E-state index is 0.443. The quantitative estimate of drug-likeness (QED) is 0.797. The highest BCUT2D eigenvalue weighted by molar-refractivity contribution is 5.52. The molecule has 0 fully saturated rings. The molecule has 1 heterocycles. The maximum atomic E-state index is 4.00. The zero-order valence-electron chi connectivity index (χ0n) is 9.83. The van der Waals surface area contributed by atoms with Crippen molar-refractivity contribution in [1.29, 1.82) is 0 Å². The highest BCUT2D eigenvalue weighted by atomic mass is 14.9. The van der Waals surface area contributed by atoms with Crippen molar-refractivity contribution in [2.75, 3.05) is 6.54 Å². The molecular formula is C13H20N2. The number of rotatable bonds is 5. The molecule has 0 saturated heterocycles. The first-order valence-electron chi connectivity index (χ1n) is 5.55. The Hall–Kier alpha value is -1.15. The highest BCUT2D eigenvalue weighted by Gasteiger charge is 2.01. The molecule has 0 saturated carbocycles. The Morgan fingerprint density at radius 1 is 1.47 bits per heavy atom. The number of pyridine rings is 1. The molecule has 1 rings (SSSR count). The summed E-state index contributed by atoms with van der Waals surface area (Å²) in [6.07, 6.45) is 7.02. The topological polar surface area (TPSA) is 24.9 Å². The lowest BCUT2D eigenvalue weighted by Gasteiger charge is -2.13. The summed E-state index contributed by atoms with van der Waals surface area (Å²) in [5.74, 6) is 0. The van der Waals surface area contributed by atoms with Gasteiger partial charge in [0.1, 0.15) is 0 Å². The van der Waals surface area contributed by atoms with Crippen LogP contribution in [0.4, 0.5) is 0 Å². The second-order valence-electron chi connectivity index (χ2n) is 3.84. The average Bonchev–Trinajstić information content (AvgIpc) is 2.27. The molecule has 0 amide bonds. The van der Waals surface area contributed by atoms with Crippen molar-refractivity contribution in [3.63, 3.8) is 0 Å². The van der Waals surface area contributed by atoms with E-state index in [1.807, 2.05) is 24.5 Å². The van der Waals surface area contributed by atoms with Crippen molar-refractivity contribution >= 4 is 6.08 Å². The van der Waals surface area contributed by atoms with Crippen LogP contribution in [0, 0.1) is 0 Å². The standard InChI is InChI=1S/C13H20N2/c1-4-7-15-12(3)11(2)10-13-5-8-14-9-6-13/h5-6,8-10,12,15H,4,7H2,1-3H3/b11-10+. The fourth-order valence-electron chi connectivity index (χ4n) is 1.37. The molecule has 1 atom stereocenters. The van der Waals surface area contributed by atoms with Crippen LogP contribution in [0.15, 0.2) is 30.1 Å². The fourth-order valence-corrected chi connectivity index (χ4v) is 1.37. The Labute approximate surface area is 92.4 Å². The van der Waals surface area contributed by atoms with Crippen LogP contribution >= 0.6 is 0 Å². The third-order valence-corrected chi connectivity index (χ3v) is 2.48. The van der Waals surface area contributed by atoms with Gasteiger partial charge in [-0.25, -0.2) is 0 Å². The van der Waals surface area contributed by atoms with Gasteiger partial charge in [0.2, 0.25) is 0 Å². The molecule has 0 radical (unpaired) electrons. The minimum Gasteiger partial charge on any atom is -0.311 e. The molecular weight excluding hydrogens is 184 g/mol. The van der Waals surface area contributed by atoms with Gasteiger partial charge in [0.05, 0.1) is 0 Å². The van der Waals surface area contributed by atoms with E-state index in [1.165, 1.54) is 17.6 Å². The second-order valence-corrected chi connectivity index (χ2v) is 3.84. The van der Waals surface area contributed by atoms with Gasteiger partial charge in [0, 0.05) is 18.4 Å². The van der Waals surface area contributed by atoms with Crippen molar-refractivity contribution < 1.29 is 0 Å². The Balaban J connectivity index is 2.59. The SMILES string of the molecule is CCCNC(C)/C(C)=C/c1ccncc1. The maximum Gasteiger partial charge on any atom is 0.0273 e. The highest BCUT2D eigenvalue weighted by Crippen LogP contribution is 2.08. The molecule has 0 aliphatic heterocycles. The van der Waals surface area contributed by atoms with Gasteiger partial charge in [-0.05, 0) is 44.5 Å². The molecule has 82 valence electrons. The van der Waals surface area contributed by atoms with E-state index < -0.39 is 0 Å². The molecule has 1 aromatic rings. The Morgan fingerprint density at radius 2 is 2.13 bits per heavy atom. The molecule has 0 aromatic carbocycles. The van der Waals surface area contributed by atoms with E-state index in [1.54, 1.807) is 0 Å². The van der Waals surface area contributed by atoms with Gasteiger partial charge in [0.15, 0.2) is 0 Å². The van der Waals surface area contributed by atoms with Crippen LogP contribution in [0.1, 0.15) is 32.8 Å². The number of hydrogen-bond acceptors (Lipinski definition) is 2. The van der Waals surface area contributed by atoms with Gasteiger partial charge in [-0.3, -0.25) is 4.98 Å². The largest absolute Gasteiger partial charge is 0.311 e. The van der Waals surface area contributed by atoms with Gasteiger partial charge in [-0.1, -0.05) is 18.6 Å². The van der Waals surface area contributed by atoms with E-state index in [-0.39, 0.29) is 0 Å². The number of nitrogens with one attached hydrogen (secondary N) is 1. The molecule has 1 unspecified atom stereocenters. The summed E-state index contributed by atoms with van der Waals surface area (Å²) in [6, 6.07) is 4.49.